The van der Waals surface area contributed by atoms with E-state index in [1.54, 1.807) is 35.7 Å². The van der Waals surface area contributed by atoms with Gasteiger partial charge in [-0.15, -0.1) is 11.8 Å². The molecular weight excluding hydrogens is 607 g/mol. The van der Waals surface area contributed by atoms with Crippen LogP contribution in [-0.2, 0) is 11.8 Å². The monoisotopic (exact) mass is 636 g/mol. The summed E-state index contributed by atoms with van der Waals surface area (Å²) in [6, 6.07) is 21.6. The first-order valence-corrected chi connectivity index (χ1v) is 15.1. The molecule has 10 heteroatoms. The van der Waals surface area contributed by atoms with Gasteiger partial charge in [0.05, 0.1) is 22.7 Å². The van der Waals surface area contributed by atoms with Crippen molar-refractivity contribution in [2.24, 2.45) is 7.05 Å². The van der Waals surface area contributed by atoms with Gasteiger partial charge < -0.3 is 10.2 Å². The molecule has 0 radical (unpaired) electrons. The molecule has 0 aliphatic carbocycles. The first-order valence-electron chi connectivity index (χ1n) is 13.3. The third-order valence-electron chi connectivity index (χ3n) is 7.48. The molecule has 2 heterocycles. The molecule has 1 saturated heterocycles. The van der Waals surface area contributed by atoms with Gasteiger partial charge in [0.25, 0.3) is 11.5 Å². The molecular formula is C31H30BrFN4O3S. The Morgan fingerprint density at radius 1 is 1.02 bits per heavy atom. The predicted octanol–water partition coefficient (Wildman–Crippen LogP) is 6.14. The standard InChI is InChI=1S/C31H30BrFN4O3S/c1-20-29(31(40)37(35(20)2)23-8-4-3-5-9-23)34-28(38)19-41-27-11-7-6-10-25(27)30(39)36-16-14-21(15-17-36)24-13-12-22(32)18-26(24)33/h3-13,18,21H,14-17,19H2,1-2H3,(H,34,38). The van der Waals surface area contributed by atoms with Gasteiger partial charge in [0.15, 0.2) is 0 Å². The van der Waals surface area contributed by atoms with Crippen LogP contribution in [-0.4, -0.2) is 44.9 Å². The van der Waals surface area contributed by atoms with Gasteiger partial charge in [-0.3, -0.25) is 19.1 Å². The number of anilines is 1. The van der Waals surface area contributed by atoms with Gasteiger partial charge in [0.2, 0.25) is 5.91 Å². The Morgan fingerprint density at radius 3 is 2.41 bits per heavy atom. The van der Waals surface area contributed by atoms with Crippen molar-refractivity contribution in [3.05, 3.63) is 110 Å². The minimum Gasteiger partial charge on any atom is -0.339 e. The van der Waals surface area contributed by atoms with Gasteiger partial charge in [-0.05, 0) is 67.6 Å². The van der Waals surface area contributed by atoms with Gasteiger partial charge in [-0.1, -0.05) is 52.3 Å². The van der Waals surface area contributed by atoms with Crippen molar-refractivity contribution in [1.29, 1.82) is 0 Å². The number of nitrogens with one attached hydrogen (secondary N) is 1. The number of hydrogen-bond donors (Lipinski definition) is 1. The second kappa shape index (κ2) is 12.5. The lowest BCUT2D eigenvalue weighted by Crippen LogP contribution is -2.38. The molecule has 0 atom stereocenters. The van der Waals surface area contributed by atoms with Crippen LogP contribution < -0.4 is 10.9 Å². The lowest BCUT2D eigenvalue weighted by molar-refractivity contribution is -0.113. The number of carbonyl (C=O) groups is 2. The smallest absolute Gasteiger partial charge is 0.295 e. The molecule has 3 aromatic carbocycles. The number of thioether (sulfide) groups is 1. The Morgan fingerprint density at radius 2 is 1.71 bits per heavy atom. The molecule has 41 heavy (non-hydrogen) atoms. The van der Waals surface area contributed by atoms with Crippen LogP contribution >= 0.6 is 27.7 Å². The van der Waals surface area contributed by atoms with Crippen molar-refractivity contribution in [1.82, 2.24) is 14.3 Å². The summed E-state index contributed by atoms with van der Waals surface area (Å²) >= 11 is 4.56. The van der Waals surface area contributed by atoms with Crippen LogP contribution in [0.3, 0.4) is 0 Å². The van der Waals surface area contributed by atoms with E-state index >= 15 is 0 Å². The number of hydrogen-bond acceptors (Lipinski definition) is 4. The van der Waals surface area contributed by atoms with E-state index in [2.05, 4.69) is 21.2 Å². The molecule has 1 fully saturated rings. The Kier molecular flexibility index (Phi) is 8.79. The Labute approximate surface area is 250 Å². The highest BCUT2D eigenvalue weighted by atomic mass is 79.9. The quantitative estimate of drug-likeness (QED) is 0.247. The van der Waals surface area contributed by atoms with Crippen LogP contribution in [0.25, 0.3) is 5.69 Å². The van der Waals surface area contributed by atoms with Crippen molar-refractivity contribution < 1.29 is 14.0 Å². The van der Waals surface area contributed by atoms with Crippen molar-refractivity contribution in [2.75, 3.05) is 24.2 Å². The number of rotatable bonds is 7. The topological polar surface area (TPSA) is 76.3 Å². The maximum Gasteiger partial charge on any atom is 0.295 e. The fourth-order valence-electron chi connectivity index (χ4n) is 5.20. The van der Waals surface area contributed by atoms with Crippen LogP contribution in [0.1, 0.15) is 40.4 Å². The Bertz CT molecular complexity index is 1650. The Balaban J connectivity index is 1.23. The van der Waals surface area contributed by atoms with Gasteiger partial charge in [0.1, 0.15) is 11.5 Å². The molecule has 5 rings (SSSR count). The highest BCUT2D eigenvalue weighted by Gasteiger charge is 2.27. The number of nitrogens with zero attached hydrogens (tertiary/aromatic N) is 3. The zero-order valence-corrected chi connectivity index (χ0v) is 25.2. The van der Waals surface area contributed by atoms with Gasteiger partial charge in [-0.2, -0.15) is 0 Å². The average Bonchev–Trinajstić information content (AvgIpc) is 3.19. The minimum absolute atomic E-state index is 0.0360. The molecule has 4 aromatic rings. The molecule has 1 aliphatic rings. The van der Waals surface area contributed by atoms with Crippen molar-refractivity contribution >= 4 is 45.2 Å². The SMILES string of the molecule is Cc1c(NC(=O)CSc2ccccc2C(=O)N2CCC(c3ccc(Br)cc3F)CC2)c(=O)n(-c2ccccc2)n1C. The van der Waals surface area contributed by atoms with E-state index in [0.717, 1.165) is 0 Å². The van der Waals surface area contributed by atoms with Crippen LogP contribution in [0.15, 0.2) is 87.0 Å². The predicted molar refractivity (Wildman–Crippen MR) is 164 cm³/mol. The number of halogens is 2. The number of amides is 2. The molecule has 1 aliphatic heterocycles. The largest absolute Gasteiger partial charge is 0.339 e. The molecule has 0 unspecified atom stereocenters. The number of carbonyl (C=O) groups excluding carboxylic acids is 2. The first-order chi connectivity index (χ1) is 19.7. The summed E-state index contributed by atoms with van der Waals surface area (Å²) in [7, 11) is 1.77. The minimum atomic E-state index is -0.333. The molecule has 1 aromatic heterocycles. The third-order valence-corrected chi connectivity index (χ3v) is 9.05. The second-order valence-corrected chi connectivity index (χ2v) is 11.9. The van der Waals surface area contributed by atoms with Gasteiger partial charge >= 0.3 is 0 Å². The lowest BCUT2D eigenvalue weighted by atomic mass is 9.89. The Hall–Kier alpha value is -3.63. The highest BCUT2D eigenvalue weighted by molar-refractivity contribution is 9.10. The van der Waals surface area contributed by atoms with Crippen LogP contribution in [0.4, 0.5) is 10.1 Å². The molecule has 2 amide bonds. The molecule has 1 N–H and O–H groups in total. The number of aromatic nitrogens is 2. The summed E-state index contributed by atoms with van der Waals surface area (Å²) in [5.41, 5.74) is 2.48. The summed E-state index contributed by atoms with van der Waals surface area (Å²) in [4.78, 5) is 42.0. The van der Waals surface area contributed by atoms with E-state index in [1.807, 2.05) is 54.6 Å². The van der Waals surface area contributed by atoms with Crippen molar-refractivity contribution in [2.45, 2.75) is 30.6 Å². The fourth-order valence-corrected chi connectivity index (χ4v) is 6.37. The van der Waals surface area contributed by atoms with E-state index in [-0.39, 0.29) is 40.5 Å². The van der Waals surface area contributed by atoms with Gasteiger partial charge in [-0.25, -0.2) is 9.07 Å². The zero-order valence-electron chi connectivity index (χ0n) is 22.8. The van der Waals surface area contributed by atoms with E-state index in [9.17, 15) is 18.8 Å². The third kappa shape index (κ3) is 6.18. The van der Waals surface area contributed by atoms with Crippen LogP contribution in [0.2, 0.25) is 0 Å². The molecule has 0 saturated carbocycles. The highest BCUT2D eigenvalue weighted by Crippen LogP contribution is 2.32. The van der Waals surface area contributed by atoms with E-state index in [4.69, 9.17) is 0 Å². The maximum atomic E-state index is 14.5. The van der Waals surface area contributed by atoms with Gasteiger partial charge in [0, 0.05) is 29.5 Å². The number of benzene rings is 3. The fraction of sp³-hybridized carbons (Fsp3) is 0.258. The summed E-state index contributed by atoms with van der Waals surface area (Å²) < 4.78 is 18.4. The molecule has 212 valence electrons. The van der Waals surface area contributed by atoms with Crippen molar-refractivity contribution in [3.8, 4) is 5.69 Å². The maximum absolute atomic E-state index is 14.5. The van der Waals surface area contributed by atoms with E-state index in [0.29, 0.717) is 57.8 Å². The van der Waals surface area contributed by atoms with Crippen LogP contribution in [0.5, 0.6) is 0 Å². The van der Waals surface area contributed by atoms with E-state index in [1.165, 1.54) is 22.5 Å². The normalized spacial score (nSPS) is 13.8. The molecule has 0 spiro atoms. The first kappa shape index (κ1) is 28.9. The number of para-hydroxylation sites is 1. The van der Waals surface area contributed by atoms with Crippen molar-refractivity contribution in [3.63, 3.8) is 0 Å². The van der Waals surface area contributed by atoms with Crippen LogP contribution in [0, 0.1) is 12.7 Å². The number of likely N-dealkylation sites (tertiary alicyclic amines) is 1. The summed E-state index contributed by atoms with van der Waals surface area (Å²) in [5.74, 6) is -0.565. The summed E-state index contributed by atoms with van der Waals surface area (Å²) in [5, 5.41) is 2.78. The summed E-state index contributed by atoms with van der Waals surface area (Å²) in [6.07, 6.45) is 1.36. The summed E-state index contributed by atoms with van der Waals surface area (Å²) in [6.45, 7) is 2.84. The second-order valence-electron chi connectivity index (χ2n) is 10.0. The molecule has 7 nitrogen and oxygen atoms in total. The molecule has 0 bridgehead atoms. The number of piperidine rings is 1. The zero-order chi connectivity index (χ0) is 29.1. The lowest BCUT2D eigenvalue weighted by Gasteiger charge is -2.32. The van der Waals surface area contributed by atoms with E-state index < -0.39 is 0 Å². The average molecular weight is 638 g/mol.